The number of hydrogen-bond acceptors (Lipinski definition) is 3. The monoisotopic (exact) mass is 204 g/mol. The van der Waals surface area contributed by atoms with E-state index in [1.54, 1.807) is 0 Å². The zero-order valence-corrected chi connectivity index (χ0v) is 5.47. The van der Waals surface area contributed by atoms with Crippen molar-refractivity contribution in [1.82, 2.24) is 0 Å². The van der Waals surface area contributed by atoms with Gasteiger partial charge in [0.2, 0.25) is 0 Å². The van der Waals surface area contributed by atoms with Gasteiger partial charge in [-0.2, -0.15) is 0 Å². The van der Waals surface area contributed by atoms with Crippen LogP contribution in [0.15, 0.2) is 0 Å². The second-order valence-corrected chi connectivity index (χ2v) is 4.59. The number of rotatable bonds is 1. The predicted octanol–water partition coefficient (Wildman–Crippen LogP) is 1.24. The molecule has 0 amide bonds. The fraction of sp³-hybridized carbons (Fsp3) is 1.00. The third-order valence-corrected chi connectivity index (χ3v) is 2.75. The van der Waals surface area contributed by atoms with Gasteiger partial charge < -0.3 is 0 Å². The molecule has 3 nitrogen and oxygen atoms in total. The van der Waals surface area contributed by atoms with Gasteiger partial charge in [-0.05, 0) is 0 Å². The van der Waals surface area contributed by atoms with Crippen LogP contribution in [-0.2, 0) is 11.5 Å². The van der Waals surface area contributed by atoms with E-state index in [4.69, 9.17) is 0 Å². The predicted molar refractivity (Wildman–Crippen MR) is 27.8 cm³/mol. The van der Waals surface area contributed by atoms with E-state index in [1.165, 1.54) is 0 Å². The Morgan fingerprint density at radius 2 is 2.17 bits per heavy atom. The molecule has 6 heavy (non-hydrogen) atoms. The van der Waals surface area contributed by atoms with Gasteiger partial charge in [-0.15, -0.1) is 0 Å². The van der Waals surface area contributed by atoms with E-state index < -0.39 is 20.6 Å². The molecule has 0 aliphatic carbocycles. The zero-order chi connectivity index (χ0) is 4.41. The van der Waals surface area contributed by atoms with Gasteiger partial charge in [0.1, 0.15) is 0 Å². The van der Waals surface area contributed by atoms with Gasteiger partial charge in [0.25, 0.3) is 0 Å². The van der Waals surface area contributed by atoms with E-state index >= 15 is 0 Å². The van der Waals surface area contributed by atoms with E-state index in [0.717, 1.165) is 4.43 Å². The van der Waals surface area contributed by atoms with Gasteiger partial charge in [-0.25, -0.2) is 0 Å². The van der Waals surface area contributed by atoms with Crippen molar-refractivity contribution in [2.24, 2.45) is 0 Å². The topological polar surface area (TPSA) is 27.7 Å². The molecule has 38 valence electrons. The summed E-state index contributed by atoms with van der Waals surface area (Å²) in [4.78, 5) is 0. The van der Waals surface area contributed by atoms with Gasteiger partial charge >= 0.3 is 43.5 Å². The van der Waals surface area contributed by atoms with Gasteiger partial charge in [0.15, 0.2) is 0 Å². The Hall–Kier alpha value is 0.610. The van der Waals surface area contributed by atoms with Crippen molar-refractivity contribution < 1.29 is 11.5 Å². The van der Waals surface area contributed by atoms with Crippen LogP contribution in [0.2, 0.25) is 0 Å². The van der Waals surface area contributed by atoms with Crippen LogP contribution in [0.3, 0.4) is 0 Å². The fourth-order valence-electron chi connectivity index (χ4n) is 0.151. The third kappa shape index (κ3) is 0.810. The van der Waals surface area contributed by atoms with Crippen molar-refractivity contribution in [2.75, 3.05) is 4.43 Å². The Morgan fingerprint density at radius 3 is 2.17 bits per heavy atom. The van der Waals surface area contributed by atoms with Crippen molar-refractivity contribution >= 4 is 20.6 Å². The van der Waals surface area contributed by atoms with Gasteiger partial charge in [0, 0.05) is 0 Å². The summed E-state index contributed by atoms with van der Waals surface area (Å²) in [5.74, 6) is 0. The average Bonchev–Trinajstić information content (AvgIpc) is 1.31. The summed E-state index contributed by atoms with van der Waals surface area (Å²) < 4.78 is 10.0. The van der Waals surface area contributed by atoms with Gasteiger partial charge in [0.05, 0.1) is 0 Å². The molecule has 1 heterocycles. The molecule has 1 aliphatic rings. The minimum atomic E-state index is -1.34. The van der Waals surface area contributed by atoms with Crippen LogP contribution < -0.4 is 0 Å². The van der Waals surface area contributed by atoms with Crippen molar-refractivity contribution in [2.45, 2.75) is 6.92 Å². The van der Waals surface area contributed by atoms with Crippen LogP contribution in [0.5, 0.6) is 0 Å². The van der Waals surface area contributed by atoms with E-state index in [0.29, 0.717) is 0 Å². The molecule has 1 fully saturated rings. The molecule has 0 unspecified atom stereocenters. The summed E-state index contributed by atoms with van der Waals surface area (Å²) in [6.45, 7) is 2.02. The van der Waals surface area contributed by atoms with E-state index in [1.807, 2.05) is 6.92 Å². The first-order valence-corrected chi connectivity index (χ1v) is 4.90. The van der Waals surface area contributed by atoms with Crippen LogP contribution in [-0.4, -0.2) is 4.43 Å². The standard InChI is InChI=1S/C2H5IO3/c1-2-3-4-6-5-3/h2H2,1H3. The maximum atomic E-state index is 4.51. The van der Waals surface area contributed by atoms with E-state index in [9.17, 15) is 0 Å². The van der Waals surface area contributed by atoms with Crippen molar-refractivity contribution in [3.05, 3.63) is 0 Å². The van der Waals surface area contributed by atoms with Crippen LogP contribution in [0, 0.1) is 0 Å². The second kappa shape index (κ2) is 2.06. The van der Waals surface area contributed by atoms with Crippen molar-refractivity contribution in [3.8, 4) is 0 Å². The summed E-state index contributed by atoms with van der Waals surface area (Å²) in [6, 6.07) is 0. The first-order chi connectivity index (χ1) is 2.93. The molecular formula is C2H5IO3. The molecule has 1 saturated heterocycles. The quantitative estimate of drug-likeness (QED) is 0.365. The molecule has 0 aromatic heterocycles. The Morgan fingerprint density at radius 1 is 1.50 bits per heavy atom. The molecule has 0 atom stereocenters. The summed E-state index contributed by atoms with van der Waals surface area (Å²) in [5, 5.41) is 4.00. The molecule has 0 saturated carbocycles. The third-order valence-electron chi connectivity index (χ3n) is 0.410. The maximum absolute atomic E-state index is 4.51. The van der Waals surface area contributed by atoms with Crippen LogP contribution >= 0.6 is 20.6 Å². The molecule has 0 radical (unpaired) electrons. The van der Waals surface area contributed by atoms with Gasteiger partial charge in [-0.3, -0.25) is 0 Å². The van der Waals surface area contributed by atoms with Crippen molar-refractivity contribution in [3.63, 3.8) is 0 Å². The minimum absolute atomic E-state index is 1.00. The van der Waals surface area contributed by atoms with Gasteiger partial charge in [-0.1, -0.05) is 0 Å². The van der Waals surface area contributed by atoms with E-state index in [2.05, 4.69) is 11.5 Å². The average molecular weight is 204 g/mol. The summed E-state index contributed by atoms with van der Waals surface area (Å²) >= 11 is -1.34. The van der Waals surface area contributed by atoms with Crippen LogP contribution in [0.4, 0.5) is 0 Å². The van der Waals surface area contributed by atoms with Crippen LogP contribution in [0.1, 0.15) is 6.92 Å². The molecule has 0 spiro atoms. The SMILES string of the molecule is CCI1OOO1. The first kappa shape index (κ1) is 4.76. The Bertz CT molecular complexity index is 41.3. The molecular weight excluding hydrogens is 199 g/mol. The summed E-state index contributed by atoms with van der Waals surface area (Å²) in [5.41, 5.74) is 0. The first-order valence-electron chi connectivity index (χ1n) is 1.62. The summed E-state index contributed by atoms with van der Waals surface area (Å²) in [6.07, 6.45) is 0. The Labute approximate surface area is 43.9 Å². The Balaban J connectivity index is 2.01. The normalized spacial score (nSPS) is 26.5. The molecule has 0 bridgehead atoms. The molecule has 4 heteroatoms. The molecule has 1 aliphatic heterocycles. The molecule has 0 aromatic carbocycles. The fourth-order valence-corrected chi connectivity index (χ4v) is 1.01. The van der Waals surface area contributed by atoms with E-state index in [-0.39, 0.29) is 0 Å². The molecule has 0 aromatic rings. The number of hydrogen-bond donors (Lipinski definition) is 0. The number of alkyl halides is 1. The second-order valence-electron chi connectivity index (χ2n) is 0.743. The number of halogens is 1. The summed E-state index contributed by atoms with van der Waals surface area (Å²) in [7, 11) is 0. The molecule has 0 N–H and O–H groups in total. The van der Waals surface area contributed by atoms with Crippen LogP contribution in [0.25, 0.3) is 0 Å². The van der Waals surface area contributed by atoms with Crippen molar-refractivity contribution in [1.29, 1.82) is 0 Å². The zero-order valence-electron chi connectivity index (χ0n) is 3.31. The Kier molecular flexibility index (Phi) is 1.63. The molecule has 1 rings (SSSR count).